The van der Waals surface area contributed by atoms with Crippen LogP contribution in [0.15, 0.2) is 48.5 Å². The summed E-state index contributed by atoms with van der Waals surface area (Å²) in [6.07, 6.45) is 1.02. The predicted octanol–water partition coefficient (Wildman–Crippen LogP) is 2.95. The lowest BCUT2D eigenvalue weighted by Crippen LogP contribution is -2.47. The van der Waals surface area contributed by atoms with Gasteiger partial charge >= 0.3 is 5.97 Å². The molecule has 2 aromatic rings. The summed E-state index contributed by atoms with van der Waals surface area (Å²) in [5.74, 6) is -1.21. The van der Waals surface area contributed by atoms with Gasteiger partial charge in [0.25, 0.3) is 5.69 Å². The first-order valence-electron chi connectivity index (χ1n) is 9.40. The van der Waals surface area contributed by atoms with Gasteiger partial charge in [-0.15, -0.1) is 0 Å². The Hall–Kier alpha value is -3.47. The van der Waals surface area contributed by atoms with Crippen LogP contribution in [0.5, 0.6) is 0 Å². The number of nitro benzene ring substituents is 1. The number of carbonyl (C=O) groups excluding carboxylic acids is 2. The second-order valence-electron chi connectivity index (χ2n) is 6.55. The van der Waals surface area contributed by atoms with Gasteiger partial charge in [0, 0.05) is 17.8 Å². The van der Waals surface area contributed by atoms with Gasteiger partial charge in [-0.2, -0.15) is 0 Å². The van der Waals surface area contributed by atoms with E-state index < -0.39 is 32.9 Å². The Kier molecular flexibility index (Phi) is 7.70. The molecule has 0 aromatic heterocycles. The van der Waals surface area contributed by atoms with E-state index in [2.05, 4.69) is 5.32 Å². The van der Waals surface area contributed by atoms with Crippen molar-refractivity contribution in [3.8, 4) is 0 Å². The molecule has 1 N–H and O–H groups in total. The Morgan fingerprint density at radius 2 is 1.84 bits per heavy atom. The molecule has 0 aliphatic rings. The molecule has 0 aliphatic carbocycles. The Labute approximate surface area is 180 Å². The number of rotatable bonds is 9. The van der Waals surface area contributed by atoms with Crippen LogP contribution >= 0.6 is 0 Å². The number of ether oxygens (including phenoxy) is 1. The zero-order valence-corrected chi connectivity index (χ0v) is 18.1. The van der Waals surface area contributed by atoms with E-state index in [1.807, 2.05) is 0 Å². The largest absolute Gasteiger partial charge is 0.462 e. The molecule has 0 spiro atoms. The summed E-state index contributed by atoms with van der Waals surface area (Å²) in [6, 6.07) is 9.92. The van der Waals surface area contributed by atoms with Crippen molar-refractivity contribution in [1.29, 1.82) is 0 Å². The number of carbonyl (C=O) groups is 2. The summed E-state index contributed by atoms with van der Waals surface area (Å²) >= 11 is 0. The van der Waals surface area contributed by atoms with Crippen LogP contribution in [0.2, 0.25) is 0 Å². The first-order valence-corrected chi connectivity index (χ1v) is 11.2. The monoisotopic (exact) mass is 449 g/mol. The molecule has 2 rings (SSSR count). The molecule has 1 atom stereocenters. The van der Waals surface area contributed by atoms with Crippen LogP contribution in [0.4, 0.5) is 17.1 Å². The summed E-state index contributed by atoms with van der Waals surface area (Å²) in [5.41, 5.74) is 0.204. The van der Waals surface area contributed by atoms with Crippen LogP contribution < -0.4 is 9.62 Å². The SMILES string of the molecule is CCOC(=O)c1cccc(NC(=O)C(CC)N(c2cccc([N+](=O)[O-])c2)S(C)(=O)=O)c1. The fourth-order valence-corrected chi connectivity index (χ4v) is 4.17. The molecule has 0 heterocycles. The smallest absolute Gasteiger partial charge is 0.338 e. The molecule has 0 radical (unpaired) electrons. The Bertz CT molecular complexity index is 1090. The van der Waals surface area contributed by atoms with Crippen LogP contribution in [0.3, 0.4) is 0 Å². The maximum Gasteiger partial charge on any atom is 0.338 e. The highest BCUT2D eigenvalue weighted by molar-refractivity contribution is 7.92. The van der Waals surface area contributed by atoms with Crippen molar-refractivity contribution >= 4 is 39.0 Å². The molecule has 31 heavy (non-hydrogen) atoms. The van der Waals surface area contributed by atoms with E-state index in [9.17, 15) is 28.1 Å². The second-order valence-corrected chi connectivity index (χ2v) is 8.41. The zero-order valence-electron chi connectivity index (χ0n) is 17.3. The Morgan fingerprint density at radius 1 is 1.16 bits per heavy atom. The number of sulfonamides is 1. The van der Waals surface area contributed by atoms with E-state index in [4.69, 9.17) is 4.74 Å². The standard InChI is InChI=1S/C20H23N3O7S/c1-4-18(19(24)21-15-9-6-8-14(12-15)20(25)30-5-2)22(31(3,28)29)16-10-7-11-17(13-16)23(26)27/h6-13,18H,4-5H2,1-3H3,(H,21,24). The first kappa shape index (κ1) is 23.8. The topological polar surface area (TPSA) is 136 Å². The molecular formula is C20H23N3O7S. The highest BCUT2D eigenvalue weighted by Gasteiger charge is 2.32. The van der Waals surface area contributed by atoms with E-state index in [0.717, 1.165) is 16.6 Å². The van der Waals surface area contributed by atoms with Crippen molar-refractivity contribution in [3.05, 3.63) is 64.2 Å². The third-order valence-electron chi connectivity index (χ3n) is 4.27. The van der Waals surface area contributed by atoms with Gasteiger partial charge in [0.2, 0.25) is 15.9 Å². The normalized spacial score (nSPS) is 12.0. The number of esters is 1. The van der Waals surface area contributed by atoms with Crippen molar-refractivity contribution in [2.75, 3.05) is 22.5 Å². The molecule has 0 aliphatic heterocycles. The third kappa shape index (κ3) is 6.01. The molecular weight excluding hydrogens is 426 g/mol. The summed E-state index contributed by atoms with van der Waals surface area (Å²) < 4.78 is 30.8. The van der Waals surface area contributed by atoms with Gasteiger partial charge in [0.1, 0.15) is 6.04 Å². The lowest BCUT2D eigenvalue weighted by molar-refractivity contribution is -0.384. The molecule has 0 saturated carbocycles. The van der Waals surface area contributed by atoms with Gasteiger partial charge in [-0.25, -0.2) is 13.2 Å². The number of nitrogens with zero attached hydrogens (tertiary/aromatic N) is 2. The number of hydrogen-bond donors (Lipinski definition) is 1. The molecule has 1 amide bonds. The quantitative estimate of drug-likeness (QED) is 0.353. The van der Waals surface area contributed by atoms with Crippen LogP contribution in [-0.2, 0) is 19.6 Å². The minimum Gasteiger partial charge on any atom is -0.462 e. The number of anilines is 2. The predicted molar refractivity (Wildman–Crippen MR) is 116 cm³/mol. The summed E-state index contributed by atoms with van der Waals surface area (Å²) in [5, 5.41) is 13.7. The second kappa shape index (κ2) is 10.0. The third-order valence-corrected chi connectivity index (χ3v) is 5.45. The fraction of sp³-hybridized carbons (Fsp3) is 0.300. The first-order chi connectivity index (χ1) is 14.6. The van der Waals surface area contributed by atoms with Gasteiger partial charge in [-0.05, 0) is 37.6 Å². The number of hydrogen-bond acceptors (Lipinski definition) is 7. The molecule has 0 fully saturated rings. The highest BCUT2D eigenvalue weighted by Crippen LogP contribution is 2.27. The minimum atomic E-state index is -3.96. The van der Waals surface area contributed by atoms with Crippen molar-refractivity contribution in [2.24, 2.45) is 0 Å². The zero-order chi connectivity index (χ0) is 23.2. The van der Waals surface area contributed by atoms with Crippen molar-refractivity contribution < 1.29 is 27.7 Å². The number of benzene rings is 2. The minimum absolute atomic E-state index is 0.000950. The van der Waals surface area contributed by atoms with Crippen LogP contribution in [0.1, 0.15) is 30.6 Å². The van der Waals surface area contributed by atoms with Crippen molar-refractivity contribution in [1.82, 2.24) is 0 Å². The lowest BCUT2D eigenvalue weighted by Gasteiger charge is -2.30. The molecule has 0 bridgehead atoms. The Morgan fingerprint density at radius 3 is 2.42 bits per heavy atom. The molecule has 10 nitrogen and oxygen atoms in total. The van der Waals surface area contributed by atoms with Gasteiger partial charge in [0.15, 0.2) is 0 Å². The van der Waals surface area contributed by atoms with E-state index >= 15 is 0 Å². The molecule has 166 valence electrons. The van der Waals surface area contributed by atoms with Gasteiger partial charge in [0.05, 0.1) is 29.0 Å². The summed E-state index contributed by atoms with van der Waals surface area (Å²) in [7, 11) is -3.96. The number of nitro groups is 1. The average Bonchev–Trinajstić information content (AvgIpc) is 2.71. The summed E-state index contributed by atoms with van der Waals surface area (Å²) in [4.78, 5) is 35.3. The highest BCUT2D eigenvalue weighted by atomic mass is 32.2. The number of nitrogens with one attached hydrogen (secondary N) is 1. The number of non-ortho nitro benzene ring substituents is 1. The number of amides is 1. The van der Waals surface area contributed by atoms with Crippen molar-refractivity contribution in [2.45, 2.75) is 26.3 Å². The van der Waals surface area contributed by atoms with E-state index in [1.54, 1.807) is 26.0 Å². The van der Waals surface area contributed by atoms with E-state index in [1.165, 1.54) is 30.3 Å². The van der Waals surface area contributed by atoms with Crippen LogP contribution in [0, 0.1) is 10.1 Å². The Balaban J connectivity index is 2.38. The van der Waals surface area contributed by atoms with Gasteiger partial charge < -0.3 is 10.1 Å². The molecule has 0 saturated heterocycles. The molecule has 11 heteroatoms. The van der Waals surface area contributed by atoms with E-state index in [-0.39, 0.29) is 35.7 Å². The maximum absolute atomic E-state index is 13.0. The average molecular weight is 449 g/mol. The molecule has 2 aromatic carbocycles. The lowest BCUT2D eigenvalue weighted by atomic mass is 10.1. The molecule has 1 unspecified atom stereocenters. The van der Waals surface area contributed by atoms with Crippen LogP contribution in [0.25, 0.3) is 0 Å². The van der Waals surface area contributed by atoms with E-state index in [0.29, 0.717) is 0 Å². The van der Waals surface area contributed by atoms with Gasteiger partial charge in [-0.1, -0.05) is 19.1 Å². The van der Waals surface area contributed by atoms with Crippen LogP contribution in [-0.4, -0.2) is 44.1 Å². The fourth-order valence-electron chi connectivity index (χ4n) is 2.97. The van der Waals surface area contributed by atoms with Gasteiger partial charge in [-0.3, -0.25) is 19.2 Å². The maximum atomic E-state index is 13.0. The van der Waals surface area contributed by atoms with Crippen molar-refractivity contribution in [3.63, 3.8) is 0 Å². The summed E-state index contributed by atoms with van der Waals surface area (Å²) in [6.45, 7) is 3.48.